The minimum atomic E-state index is -4.65. The van der Waals surface area contributed by atoms with Crippen molar-refractivity contribution in [2.45, 2.75) is 19.7 Å². The van der Waals surface area contributed by atoms with Crippen molar-refractivity contribution in [3.05, 3.63) is 62.7 Å². The molecule has 0 spiro atoms. The smallest absolute Gasteiger partial charge is 0.416 e. The predicted molar refractivity (Wildman–Crippen MR) is 100 cm³/mol. The summed E-state index contributed by atoms with van der Waals surface area (Å²) in [5.41, 5.74) is -0.772. The maximum Gasteiger partial charge on any atom is 0.416 e. The monoisotopic (exact) mass is 493 g/mol. The zero-order valence-corrected chi connectivity index (χ0v) is 16.3. The molecule has 144 valence electrons. The highest BCUT2D eigenvalue weighted by atomic mass is 127. The molecular weight excluding hydrogens is 478 g/mol. The van der Waals surface area contributed by atoms with Crippen LogP contribution in [0.1, 0.15) is 28.4 Å². The molecule has 2 rings (SSSR count). The van der Waals surface area contributed by atoms with Gasteiger partial charge in [-0.05, 0) is 47.2 Å². The molecule has 0 saturated carbocycles. The number of alkyl halides is 3. The number of ether oxygens (including phenoxy) is 2. The fourth-order valence-corrected chi connectivity index (χ4v) is 2.89. The van der Waals surface area contributed by atoms with Gasteiger partial charge in [-0.2, -0.15) is 13.2 Å². The van der Waals surface area contributed by atoms with E-state index in [2.05, 4.69) is 5.32 Å². The van der Waals surface area contributed by atoms with Crippen LogP contribution in [0.4, 0.5) is 23.7 Å². The number of amides is 1. The summed E-state index contributed by atoms with van der Waals surface area (Å²) in [5.74, 6) is -0.972. The Balaban J connectivity index is 2.25. The number of halogens is 4. The summed E-state index contributed by atoms with van der Waals surface area (Å²) < 4.78 is 49.0. The van der Waals surface area contributed by atoms with Crippen LogP contribution in [0.25, 0.3) is 0 Å². The molecule has 0 radical (unpaired) electrons. The van der Waals surface area contributed by atoms with Crippen molar-refractivity contribution in [1.29, 1.82) is 0 Å². The Kier molecular flexibility index (Phi) is 7.05. The van der Waals surface area contributed by atoms with E-state index in [-0.39, 0.29) is 22.5 Å². The minimum Gasteiger partial charge on any atom is -0.462 e. The first-order valence-electron chi connectivity index (χ1n) is 7.78. The highest BCUT2D eigenvalue weighted by Crippen LogP contribution is 2.35. The van der Waals surface area contributed by atoms with Gasteiger partial charge in [0.1, 0.15) is 6.61 Å². The number of nitrogens with one attached hydrogen (secondary N) is 1. The van der Waals surface area contributed by atoms with Gasteiger partial charge in [0.25, 0.3) is 0 Å². The summed E-state index contributed by atoms with van der Waals surface area (Å²) in [5, 5.41) is 2.33. The minimum absolute atomic E-state index is 0.0243. The van der Waals surface area contributed by atoms with Gasteiger partial charge >= 0.3 is 18.2 Å². The summed E-state index contributed by atoms with van der Waals surface area (Å²) in [6, 6.07) is 10.3. The number of hydrogen-bond donors (Lipinski definition) is 1. The van der Waals surface area contributed by atoms with E-state index < -0.39 is 29.4 Å². The van der Waals surface area contributed by atoms with Gasteiger partial charge in [-0.25, -0.2) is 9.59 Å². The standard InChI is InChI=1S/C18H15F3INO4/c1-2-26-16(24)13-8-12(18(19,20)21)9-14(22)15(13)23-17(25)27-10-11-6-4-3-5-7-11/h3-9H,2,10H2,1H3,(H,23,25). The molecule has 0 atom stereocenters. The summed E-state index contributed by atoms with van der Waals surface area (Å²) in [6.07, 6.45) is -5.55. The number of esters is 1. The first-order chi connectivity index (χ1) is 12.7. The van der Waals surface area contributed by atoms with Crippen molar-refractivity contribution in [1.82, 2.24) is 0 Å². The molecule has 2 aromatic carbocycles. The first kappa shape index (κ1) is 21.0. The van der Waals surface area contributed by atoms with Crippen LogP contribution in [0, 0.1) is 3.57 Å². The van der Waals surface area contributed by atoms with Gasteiger partial charge in [0, 0.05) is 3.57 Å². The third-order valence-electron chi connectivity index (χ3n) is 3.35. The molecule has 0 aliphatic rings. The van der Waals surface area contributed by atoms with Crippen LogP contribution in [-0.2, 0) is 22.3 Å². The van der Waals surface area contributed by atoms with Crippen LogP contribution >= 0.6 is 22.6 Å². The fraction of sp³-hybridized carbons (Fsp3) is 0.222. The normalized spacial score (nSPS) is 11.0. The van der Waals surface area contributed by atoms with E-state index >= 15 is 0 Å². The van der Waals surface area contributed by atoms with E-state index in [0.717, 1.165) is 11.6 Å². The molecule has 0 aliphatic carbocycles. The summed E-state index contributed by atoms with van der Waals surface area (Å²) in [7, 11) is 0. The molecule has 0 aromatic heterocycles. The van der Waals surface area contributed by atoms with Crippen LogP contribution in [0.5, 0.6) is 0 Å². The molecule has 0 unspecified atom stereocenters. The van der Waals surface area contributed by atoms with Crippen LogP contribution < -0.4 is 5.32 Å². The van der Waals surface area contributed by atoms with E-state index in [4.69, 9.17) is 9.47 Å². The number of benzene rings is 2. The van der Waals surface area contributed by atoms with Gasteiger partial charge < -0.3 is 9.47 Å². The molecule has 5 nitrogen and oxygen atoms in total. The number of anilines is 1. The van der Waals surface area contributed by atoms with Crippen molar-refractivity contribution in [3.8, 4) is 0 Å². The highest BCUT2D eigenvalue weighted by Gasteiger charge is 2.33. The Morgan fingerprint density at radius 3 is 2.37 bits per heavy atom. The van der Waals surface area contributed by atoms with Crippen molar-refractivity contribution in [2.75, 3.05) is 11.9 Å². The van der Waals surface area contributed by atoms with Crippen LogP contribution in [0.3, 0.4) is 0 Å². The first-order valence-corrected chi connectivity index (χ1v) is 8.85. The third-order valence-corrected chi connectivity index (χ3v) is 4.20. The molecule has 0 fully saturated rings. The zero-order valence-electron chi connectivity index (χ0n) is 14.1. The van der Waals surface area contributed by atoms with Gasteiger partial charge in [-0.3, -0.25) is 5.32 Å². The van der Waals surface area contributed by atoms with Gasteiger partial charge in [0.05, 0.1) is 23.4 Å². The van der Waals surface area contributed by atoms with Gasteiger partial charge in [0.15, 0.2) is 0 Å². The Morgan fingerprint density at radius 1 is 1.11 bits per heavy atom. The molecule has 1 amide bonds. The molecular formula is C18H15F3INO4. The van der Waals surface area contributed by atoms with Crippen molar-refractivity contribution in [2.24, 2.45) is 0 Å². The lowest BCUT2D eigenvalue weighted by atomic mass is 10.1. The zero-order chi connectivity index (χ0) is 20.0. The lowest BCUT2D eigenvalue weighted by molar-refractivity contribution is -0.137. The Labute approximate surface area is 167 Å². The molecule has 9 heteroatoms. The van der Waals surface area contributed by atoms with Crippen molar-refractivity contribution >= 4 is 40.3 Å². The van der Waals surface area contributed by atoms with Crippen LogP contribution in [-0.4, -0.2) is 18.7 Å². The molecule has 27 heavy (non-hydrogen) atoms. The molecule has 0 bridgehead atoms. The third kappa shape index (κ3) is 5.84. The van der Waals surface area contributed by atoms with E-state index in [0.29, 0.717) is 6.07 Å². The second kappa shape index (κ2) is 9.07. The lowest BCUT2D eigenvalue weighted by Gasteiger charge is -2.16. The molecule has 0 aliphatic heterocycles. The number of rotatable bonds is 5. The van der Waals surface area contributed by atoms with Gasteiger partial charge in [-0.15, -0.1) is 0 Å². The largest absolute Gasteiger partial charge is 0.462 e. The average Bonchev–Trinajstić information content (AvgIpc) is 2.61. The topological polar surface area (TPSA) is 64.6 Å². The van der Waals surface area contributed by atoms with Crippen LogP contribution in [0.2, 0.25) is 0 Å². The van der Waals surface area contributed by atoms with Gasteiger partial charge in [-0.1, -0.05) is 30.3 Å². The predicted octanol–water partition coefficient (Wildman–Crippen LogP) is 5.24. The van der Waals surface area contributed by atoms with Gasteiger partial charge in [0.2, 0.25) is 0 Å². The van der Waals surface area contributed by atoms with E-state index in [1.54, 1.807) is 52.9 Å². The highest BCUT2D eigenvalue weighted by molar-refractivity contribution is 14.1. The number of carbonyl (C=O) groups excluding carboxylic acids is 2. The average molecular weight is 493 g/mol. The van der Waals surface area contributed by atoms with E-state index in [1.807, 2.05) is 0 Å². The van der Waals surface area contributed by atoms with E-state index in [1.165, 1.54) is 6.92 Å². The summed E-state index contributed by atoms with van der Waals surface area (Å²) >= 11 is 1.61. The molecule has 1 N–H and O–H groups in total. The molecule has 0 heterocycles. The molecule has 0 saturated heterocycles. The summed E-state index contributed by atoms with van der Waals surface area (Å²) in [4.78, 5) is 24.1. The quantitative estimate of drug-likeness (QED) is 0.458. The second-order valence-electron chi connectivity index (χ2n) is 5.29. The lowest BCUT2D eigenvalue weighted by Crippen LogP contribution is -2.19. The van der Waals surface area contributed by atoms with E-state index in [9.17, 15) is 22.8 Å². The number of hydrogen-bond acceptors (Lipinski definition) is 4. The maximum absolute atomic E-state index is 13.0. The molecule has 2 aromatic rings. The number of carbonyl (C=O) groups is 2. The second-order valence-corrected chi connectivity index (χ2v) is 6.45. The fourth-order valence-electron chi connectivity index (χ4n) is 2.13. The van der Waals surface area contributed by atoms with Crippen molar-refractivity contribution < 1.29 is 32.2 Å². The Bertz CT molecular complexity index is 825. The van der Waals surface area contributed by atoms with Crippen LogP contribution in [0.15, 0.2) is 42.5 Å². The van der Waals surface area contributed by atoms with Crippen molar-refractivity contribution in [3.63, 3.8) is 0 Å². The Hall–Kier alpha value is -2.30. The SMILES string of the molecule is CCOC(=O)c1cc(C(F)(F)F)cc(I)c1NC(=O)OCc1ccccc1. The maximum atomic E-state index is 13.0. The Morgan fingerprint density at radius 2 is 1.78 bits per heavy atom. The summed E-state index contributed by atoms with van der Waals surface area (Å²) in [6.45, 7) is 1.47.